The molecule has 0 atom stereocenters. The van der Waals surface area contributed by atoms with E-state index in [1.54, 1.807) is 0 Å². The molecule has 7 heteroatoms. The fraction of sp³-hybridized carbons (Fsp3) is 0.167. The maximum absolute atomic E-state index is 6.97. The molecule has 0 aliphatic rings. The average molecular weight is 237 g/mol. The first kappa shape index (κ1) is 10.6. The van der Waals surface area contributed by atoms with Crippen LogP contribution in [0.4, 0.5) is 0 Å². The third-order valence-corrected chi connectivity index (χ3v) is 2.17. The summed E-state index contributed by atoms with van der Waals surface area (Å²) in [6.07, 6.45) is 0. The lowest BCUT2D eigenvalue weighted by molar-refractivity contribution is 1.04. The number of nitrogens with one attached hydrogen (secondary N) is 1. The van der Waals surface area contributed by atoms with Crippen molar-refractivity contribution in [2.45, 2.75) is 5.75 Å². The highest BCUT2D eigenvalue weighted by molar-refractivity contribution is 8.12. The van der Waals surface area contributed by atoms with Gasteiger partial charge >= 0.3 is 0 Å². The van der Waals surface area contributed by atoms with Crippen LogP contribution < -0.4 is 5.73 Å². The van der Waals surface area contributed by atoms with Crippen molar-refractivity contribution in [3.05, 3.63) is 22.2 Å². The smallest absolute Gasteiger partial charge is 0.151 e. The number of rotatable bonds is 2. The molecule has 70 valence electrons. The van der Waals surface area contributed by atoms with Gasteiger partial charge in [0.1, 0.15) is 16.1 Å². The Kier molecular flexibility index (Phi) is 3.77. The standard InChI is InChI=1S/C6H6Cl2N4S/c7-3-1-4(8)12-5(11-3)2-13-6(9)10/h1H,2H2,(H3,9,10). The first-order chi connectivity index (χ1) is 6.08. The second-order valence-corrected chi connectivity index (χ2v) is 3.87. The molecule has 1 rings (SSSR count). The third kappa shape index (κ3) is 3.80. The zero-order valence-corrected chi connectivity index (χ0v) is 8.75. The fourth-order valence-electron chi connectivity index (χ4n) is 0.641. The fourth-order valence-corrected chi connectivity index (χ4v) is 1.51. The molecule has 0 saturated heterocycles. The predicted octanol–water partition coefficient (Wildman–Crippen LogP) is 1.91. The summed E-state index contributed by atoms with van der Waals surface area (Å²) in [5, 5.41) is 7.57. The number of hydrogen-bond donors (Lipinski definition) is 2. The number of aromatic nitrogens is 2. The van der Waals surface area contributed by atoms with E-state index in [9.17, 15) is 0 Å². The first-order valence-corrected chi connectivity index (χ1v) is 4.98. The topological polar surface area (TPSA) is 75.7 Å². The zero-order valence-electron chi connectivity index (χ0n) is 6.42. The van der Waals surface area contributed by atoms with Gasteiger partial charge in [-0.1, -0.05) is 35.0 Å². The third-order valence-electron chi connectivity index (χ3n) is 1.07. The lowest BCUT2D eigenvalue weighted by Crippen LogP contribution is -2.05. The van der Waals surface area contributed by atoms with Crippen molar-refractivity contribution < 1.29 is 0 Å². The minimum absolute atomic E-state index is 0.0136. The molecular formula is C6H6Cl2N4S. The maximum atomic E-state index is 6.97. The molecule has 0 spiro atoms. The number of amidine groups is 1. The molecule has 4 nitrogen and oxygen atoms in total. The van der Waals surface area contributed by atoms with Gasteiger partial charge < -0.3 is 5.73 Å². The van der Waals surface area contributed by atoms with Gasteiger partial charge in [-0.15, -0.1) is 0 Å². The van der Waals surface area contributed by atoms with Crippen molar-refractivity contribution in [1.29, 1.82) is 5.41 Å². The molecule has 0 aliphatic carbocycles. The Hall–Kier alpha value is -0.520. The second kappa shape index (κ2) is 4.64. The molecule has 0 amide bonds. The number of halogens is 2. The summed E-state index contributed by atoms with van der Waals surface area (Å²) >= 11 is 12.4. The molecular weight excluding hydrogens is 231 g/mol. The minimum atomic E-state index is 0.0136. The van der Waals surface area contributed by atoms with Gasteiger partial charge in [0.15, 0.2) is 5.17 Å². The number of thioether (sulfide) groups is 1. The SMILES string of the molecule is N=C(N)SCc1nc(Cl)cc(Cl)n1. The highest BCUT2D eigenvalue weighted by Crippen LogP contribution is 2.14. The van der Waals surface area contributed by atoms with Gasteiger partial charge in [0.05, 0.1) is 5.75 Å². The number of hydrogen-bond acceptors (Lipinski definition) is 4. The quantitative estimate of drug-likeness (QED) is 0.468. The summed E-state index contributed by atoms with van der Waals surface area (Å²) < 4.78 is 0. The van der Waals surface area contributed by atoms with E-state index in [0.29, 0.717) is 21.9 Å². The molecule has 3 N–H and O–H groups in total. The summed E-state index contributed by atoms with van der Waals surface area (Å²) in [6, 6.07) is 1.45. The van der Waals surface area contributed by atoms with Gasteiger partial charge in [0, 0.05) is 6.07 Å². The molecule has 0 saturated carbocycles. The van der Waals surface area contributed by atoms with Crippen LogP contribution >= 0.6 is 35.0 Å². The van der Waals surface area contributed by atoms with Crippen LogP contribution in [0.5, 0.6) is 0 Å². The molecule has 0 radical (unpaired) electrons. The number of nitrogens with two attached hydrogens (primary N) is 1. The normalized spacial score (nSPS) is 10.0. The molecule has 1 aromatic heterocycles. The Morgan fingerprint density at radius 1 is 1.46 bits per heavy atom. The predicted molar refractivity (Wildman–Crippen MR) is 55.3 cm³/mol. The second-order valence-electron chi connectivity index (χ2n) is 2.08. The minimum Gasteiger partial charge on any atom is -0.379 e. The van der Waals surface area contributed by atoms with Gasteiger partial charge in [0.25, 0.3) is 0 Å². The summed E-state index contributed by atoms with van der Waals surface area (Å²) in [7, 11) is 0. The monoisotopic (exact) mass is 236 g/mol. The van der Waals surface area contributed by atoms with Crippen molar-refractivity contribution in [3.8, 4) is 0 Å². The summed E-state index contributed by atoms with van der Waals surface area (Å²) in [5.74, 6) is 0.869. The van der Waals surface area contributed by atoms with Crippen molar-refractivity contribution in [2.75, 3.05) is 0 Å². The average Bonchev–Trinajstić information content (AvgIpc) is 1.99. The van der Waals surface area contributed by atoms with Gasteiger partial charge in [-0.2, -0.15) is 0 Å². The molecule has 1 heterocycles. The van der Waals surface area contributed by atoms with Crippen LogP contribution in [0.15, 0.2) is 6.07 Å². The highest BCUT2D eigenvalue weighted by atomic mass is 35.5. The Morgan fingerprint density at radius 2 is 2.00 bits per heavy atom. The molecule has 0 bridgehead atoms. The van der Waals surface area contributed by atoms with Crippen LogP contribution in [0.1, 0.15) is 5.82 Å². The van der Waals surface area contributed by atoms with Crippen LogP contribution in [-0.2, 0) is 5.75 Å². The Bertz CT molecular complexity index is 310. The van der Waals surface area contributed by atoms with Crippen LogP contribution in [0.25, 0.3) is 0 Å². The van der Waals surface area contributed by atoms with Gasteiger partial charge in [-0.05, 0) is 0 Å². The summed E-state index contributed by atoms with van der Waals surface area (Å²) in [4.78, 5) is 7.81. The molecule has 0 aromatic carbocycles. The van der Waals surface area contributed by atoms with E-state index in [-0.39, 0.29) is 5.17 Å². The number of nitrogens with zero attached hydrogens (tertiary/aromatic N) is 2. The maximum Gasteiger partial charge on any atom is 0.151 e. The van der Waals surface area contributed by atoms with Crippen LogP contribution in [0.3, 0.4) is 0 Å². The van der Waals surface area contributed by atoms with Crippen molar-refractivity contribution in [2.24, 2.45) is 5.73 Å². The molecule has 0 fully saturated rings. The Morgan fingerprint density at radius 3 is 2.46 bits per heavy atom. The molecule has 0 aliphatic heterocycles. The van der Waals surface area contributed by atoms with E-state index < -0.39 is 0 Å². The van der Waals surface area contributed by atoms with Crippen molar-refractivity contribution in [3.63, 3.8) is 0 Å². The first-order valence-electron chi connectivity index (χ1n) is 3.23. The molecule has 0 unspecified atom stereocenters. The van der Waals surface area contributed by atoms with Crippen molar-refractivity contribution in [1.82, 2.24) is 9.97 Å². The van der Waals surface area contributed by atoms with Crippen molar-refractivity contribution >= 4 is 40.1 Å². The van der Waals surface area contributed by atoms with Gasteiger partial charge in [0.2, 0.25) is 0 Å². The lowest BCUT2D eigenvalue weighted by Gasteiger charge is -1.99. The lowest BCUT2D eigenvalue weighted by atomic mass is 10.6. The summed E-state index contributed by atoms with van der Waals surface area (Å²) in [5.41, 5.74) is 5.14. The highest BCUT2D eigenvalue weighted by Gasteiger charge is 2.02. The van der Waals surface area contributed by atoms with Crippen LogP contribution in [0.2, 0.25) is 10.3 Å². The van der Waals surface area contributed by atoms with E-state index in [4.69, 9.17) is 34.3 Å². The summed E-state index contributed by atoms with van der Waals surface area (Å²) in [6.45, 7) is 0. The van der Waals surface area contributed by atoms with Crippen LogP contribution in [0, 0.1) is 5.41 Å². The Labute approximate surface area is 89.4 Å². The van der Waals surface area contributed by atoms with E-state index in [1.165, 1.54) is 6.07 Å². The Balaban J connectivity index is 2.71. The van der Waals surface area contributed by atoms with E-state index in [0.717, 1.165) is 11.8 Å². The van der Waals surface area contributed by atoms with Crippen LogP contribution in [-0.4, -0.2) is 15.1 Å². The largest absolute Gasteiger partial charge is 0.379 e. The molecule has 1 aromatic rings. The molecule has 13 heavy (non-hydrogen) atoms. The van der Waals surface area contributed by atoms with E-state index in [2.05, 4.69) is 9.97 Å². The zero-order chi connectivity index (χ0) is 9.84. The van der Waals surface area contributed by atoms with Gasteiger partial charge in [-0.3, -0.25) is 5.41 Å². The van der Waals surface area contributed by atoms with Gasteiger partial charge in [-0.25, -0.2) is 9.97 Å². The van der Waals surface area contributed by atoms with E-state index >= 15 is 0 Å². The van der Waals surface area contributed by atoms with E-state index in [1.807, 2.05) is 0 Å².